The second-order valence-corrected chi connectivity index (χ2v) is 6.83. The molecule has 23 heavy (non-hydrogen) atoms. The van der Waals surface area contributed by atoms with Crippen LogP contribution in [0.5, 0.6) is 0 Å². The summed E-state index contributed by atoms with van der Waals surface area (Å²) in [6, 6.07) is 8.32. The Morgan fingerprint density at radius 1 is 1.22 bits per heavy atom. The first-order valence-electron chi connectivity index (χ1n) is 8.77. The van der Waals surface area contributed by atoms with Crippen LogP contribution in [-0.4, -0.2) is 35.8 Å². The van der Waals surface area contributed by atoms with E-state index in [2.05, 4.69) is 6.92 Å². The molecule has 2 aliphatic heterocycles. The van der Waals surface area contributed by atoms with Gasteiger partial charge in [-0.25, -0.2) is 0 Å². The van der Waals surface area contributed by atoms with Gasteiger partial charge in [0.15, 0.2) is 0 Å². The van der Waals surface area contributed by atoms with Crippen LogP contribution in [0, 0.1) is 12.8 Å². The van der Waals surface area contributed by atoms with Crippen molar-refractivity contribution in [3.63, 3.8) is 0 Å². The summed E-state index contributed by atoms with van der Waals surface area (Å²) in [5.41, 5.74) is 2.08. The zero-order valence-electron chi connectivity index (χ0n) is 14.1. The van der Waals surface area contributed by atoms with Crippen molar-refractivity contribution in [3.8, 4) is 0 Å². The van der Waals surface area contributed by atoms with Crippen molar-refractivity contribution in [3.05, 3.63) is 29.8 Å². The van der Waals surface area contributed by atoms with E-state index in [1.165, 1.54) is 12.0 Å². The zero-order chi connectivity index (χ0) is 16.4. The average Bonchev–Trinajstić information content (AvgIpc) is 2.96. The van der Waals surface area contributed by atoms with Crippen molar-refractivity contribution < 1.29 is 9.59 Å². The number of piperidine rings is 1. The van der Waals surface area contributed by atoms with Gasteiger partial charge in [0.1, 0.15) is 0 Å². The van der Waals surface area contributed by atoms with Gasteiger partial charge in [0.05, 0.1) is 5.92 Å². The Hall–Kier alpha value is -1.84. The maximum absolute atomic E-state index is 12.9. The highest BCUT2D eigenvalue weighted by Gasteiger charge is 2.39. The van der Waals surface area contributed by atoms with Crippen LogP contribution in [0.3, 0.4) is 0 Å². The van der Waals surface area contributed by atoms with Gasteiger partial charge in [-0.1, -0.05) is 24.6 Å². The van der Waals surface area contributed by atoms with Gasteiger partial charge in [0.2, 0.25) is 11.8 Å². The first kappa shape index (κ1) is 16.0. The van der Waals surface area contributed by atoms with Crippen molar-refractivity contribution in [2.75, 3.05) is 18.0 Å². The van der Waals surface area contributed by atoms with Gasteiger partial charge in [-0.15, -0.1) is 0 Å². The van der Waals surface area contributed by atoms with E-state index in [4.69, 9.17) is 0 Å². The molecule has 0 radical (unpaired) electrons. The smallest absolute Gasteiger partial charge is 0.228 e. The first-order chi connectivity index (χ1) is 11.1. The molecule has 0 N–H and O–H groups in total. The van der Waals surface area contributed by atoms with E-state index >= 15 is 0 Å². The highest BCUT2D eigenvalue weighted by atomic mass is 16.2. The Kier molecular flexibility index (Phi) is 4.69. The number of hydrogen-bond acceptors (Lipinski definition) is 2. The molecule has 4 nitrogen and oxygen atoms in total. The molecular weight excluding hydrogens is 288 g/mol. The first-order valence-corrected chi connectivity index (χ1v) is 8.77. The third-order valence-corrected chi connectivity index (χ3v) is 5.20. The van der Waals surface area contributed by atoms with Crippen LogP contribution in [0.1, 0.15) is 44.6 Å². The van der Waals surface area contributed by atoms with Gasteiger partial charge in [0.25, 0.3) is 0 Å². The minimum Gasteiger partial charge on any atom is -0.339 e. The van der Waals surface area contributed by atoms with Gasteiger partial charge >= 0.3 is 0 Å². The molecule has 2 fully saturated rings. The minimum atomic E-state index is -0.184. The normalized spacial score (nSPS) is 25.0. The molecule has 2 atom stereocenters. The molecule has 3 rings (SSSR count). The number of aryl methyl sites for hydroxylation is 1. The third kappa shape index (κ3) is 3.26. The summed E-state index contributed by atoms with van der Waals surface area (Å²) < 4.78 is 0. The second-order valence-electron chi connectivity index (χ2n) is 6.83. The summed E-state index contributed by atoms with van der Waals surface area (Å²) in [7, 11) is 0. The molecule has 0 saturated carbocycles. The molecule has 2 saturated heterocycles. The maximum Gasteiger partial charge on any atom is 0.228 e. The number of anilines is 1. The van der Waals surface area contributed by atoms with Crippen molar-refractivity contribution >= 4 is 17.5 Å². The lowest BCUT2D eigenvalue weighted by Crippen LogP contribution is -2.46. The summed E-state index contributed by atoms with van der Waals surface area (Å²) in [5, 5.41) is 0. The molecule has 0 aliphatic carbocycles. The van der Waals surface area contributed by atoms with E-state index in [1.807, 2.05) is 36.1 Å². The molecule has 2 aliphatic rings. The molecular formula is C19H26N2O2. The Bertz CT molecular complexity index is 582. The van der Waals surface area contributed by atoms with E-state index in [9.17, 15) is 9.59 Å². The molecule has 0 aromatic heterocycles. The molecule has 1 aromatic carbocycles. The largest absolute Gasteiger partial charge is 0.339 e. The average molecular weight is 314 g/mol. The number of carbonyl (C=O) groups excluding carboxylic acids is 2. The van der Waals surface area contributed by atoms with Gasteiger partial charge in [0, 0.05) is 31.2 Å². The van der Waals surface area contributed by atoms with E-state index in [-0.39, 0.29) is 17.7 Å². The van der Waals surface area contributed by atoms with E-state index in [0.29, 0.717) is 19.0 Å². The Balaban J connectivity index is 1.71. The van der Waals surface area contributed by atoms with Crippen LogP contribution in [0.4, 0.5) is 5.69 Å². The maximum atomic E-state index is 12.9. The lowest BCUT2D eigenvalue weighted by Gasteiger charge is -2.36. The predicted molar refractivity (Wildman–Crippen MR) is 91.3 cm³/mol. The van der Waals surface area contributed by atoms with Gasteiger partial charge in [-0.05, 0) is 44.7 Å². The molecule has 2 unspecified atom stereocenters. The predicted octanol–water partition coefficient (Wildman–Crippen LogP) is 3.14. The SMILES string of the molecule is CCC1CCCCN1C(=O)C1CC(=O)N(c2ccc(C)cc2)C1. The van der Waals surface area contributed by atoms with E-state index in [0.717, 1.165) is 31.5 Å². The number of amides is 2. The van der Waals surface area contributed by atoms with E-state index in [1.54, 1.807) is 4.90 Å². The highest BCUT2D eigenvalue weighted by molar-refractivity contribution is 6.00. The number of likely N-dealkylation sites (tertiary alicyclic amines) is 1. The van der Waals surface area contributed by atoms with E-state index < -0.39 is 0 Å². The van der Waals surface area contributed by atoms with Gasteiger partial charge in [-0.2, -0.15) is 0 Å². The van der Waals surface area contributed by atoms with Crippen molar-refractivity contribution in [1.29, 1.82) is 0 Å². The second kappa shape index (κ2) is 6.73. The van der Waals surface area contributed by atoms with Crippen LogP contribution >= 0.6 is 0 Å². The highest BCUT2D eigenvalue weighted by Crippen LogP contribution is 2.29. The topological polar surface area (TPSA) is 40.6 Å². The Morgan fingerprint density at radius 2 is 1.96 bits per heavy atom. The standard InChI is InChI=1S/C19H26N2O2/c1-3-16-6-4-5-11-20(16)19(23)15-12-18(22)21(13-15)17-9-7-14(2)8-10-17/h7-10,15-16H,3-6,11-13H2,1-2H3. The van der Waals surface area contributed by atoms with Crippen LogP contribution in [0.15, 0.2) is 24.3 Å². The lowest BCUT2D eigenvalue weighted by molar-refractivity contribution is -0.139. The number of carbonyl (C=O) groups is 2. The monoisotopic (exact) mass is 314 g/mol. The van der Waals surface area contributed by atoms with Crippen molar-refractivity contribution in [2.24, 2.45) is 5.92 Å². The number of benzene rings is 1. The number of hydrogen-bond donors (Lipinski definition) is 0. The van der Waals surface area contributed by atoms with Gasteiger partial charge < -0.3 is 9.80 Å². The lowest BCUT2D eigenvalue weighted by atomic mass is 9.97. The number of nitrogens with zero attached hydrogens (tertiary/aromatic N) is 2. The molecule has 2 heterocycles. The molecule has 0 spiro atoms. The van der Waals surface area contributed by atoms with Crippen molar-refractivity contribution in [2.45, 2.75) is 52.0 Å². The number of rotatable bonds is 3. The fourth-order valence-corrected chi connectivity index (χ4v) is 3.80. The van der Waals surface area contributed by atoms with Crippen LogP contribution in [0.25, 0.3) is 0 Å². The van der Waals surface area contributed by atoms with Crippen molar-refractivity contribution in [1.82, 2.24) is 4.90 Å². The summed E-state index contributed by atoms with van der Waals surface area (Å²) in [6.45, 7) is 5.55. The Labute approximate surface area is 138 Å². The molecule has 2 amide bonds. The quantitative estimate of drug-likeness (QED) is 0.860. The Morgan fingerprint density at radius 3 is 2.65 bits per heavy atom. The third-order valence-electron chi connectivity index (χ3n) is 5.20. The fraction of sp³-hybridized carbons (Fsp3) is 0.579. The fourth-order valence-electron chi connectivity index (χ4n) is 3.80. The summed E-state index contributed by atoms with van der Waals surface area (Å²) in [5.74, 6) is 0.0627. The van der Waals surface area contributed by atoms with Gasteiger partial charge in [-0.3, -0.25) is 9.59 Å². The minimum absolute atomic E-state index is 0.0669. The van der Waals surface area contributed by atoms with Crippen LogP contribution in [0.2, 0.25) is 0 Å². The summed E-state index contributed by atoms with van der Waals surface area (Å²) in [4.78, 5) is 29.1. The molecule has 1 aromatic rings. The molecule has 0 bridgehead atoms. The molecule has 4 heteroatoms. The van der Waals surface area contributed by atoms with Crippen LogP contribution in [-0.2, 0) is 9.59 Å². The zero-order valence-corrected chi connectivity index (χ0v) is 14.1. The summed E-state index contributed by atoms with van der Waals surface area (Å²) >= 11 is 0. The summed E-state index contributed by atoms with van der Waals surface area (Å²) in [6.07, 6.45) is 4.75. The molecule has 124 valence electrons. The van der Waals surface area contributed by atoms with Crippen LogP contribution < -0.4 is 4.90 Å².